The molecule has 1 aliphatic rings. The number of hydrogen-bond donors (Lipinski definition) is 1. The highest BCUT2D eigenvalue weighted by molar-refractivity contribution is 5.91. The van der Waals surface area contributed by atoms with Crippen molar-refractivity contribution in [2.75, 3.05) is 26.3 Å². The summed E-state index contributed by atoms with van der Waals surface area (Å²) >= 11 is 0. The maximum Gasteiger partial charge on any atom is 0.419 e. The number of piperidine rings is 1. The van der Waals surface area contributed by atoms with E-state index < -0.39 is 11.7 Å². The highest BCUT2D eigenvalue weighted by Crippen LogP contribution is 2.39. The van der Waals surface area contributed by atoms with Crippen molar-refractivity contribution >= 4 is 11.0 Å². The summed E-state index contributed by atoms with van der Waals surface area (Å²) in [6.45, 7) is 1.97. The third kappa shape index (κ3) is 4.69. The fraction of sp³-hybridized carbons (Fsp3) is 0.409. The van der Waals surface area contributed by atoms with Gasteiger partial charge in [-0.2, -0.15) is 18.4 Å². The molecule has 0 spiro atoms. The zero-order chi connectivity index (χ0) is 22.7. The molecule has 10 heteroatoms. The molecule has 0 saturated carbocycles. The van der Waals surface area contributed by atoms with E-state index in [-0.39, 0.29) is 42.1 Å². The largest absolute Gasteiger partial charge is 0.491 e. The summed E-state index contributed by atoms with van der Waals surface area (Å²) in [6, 6.07) is 7.36. The lowest BCUT2D eigenvalue weighted by molar-refractivity contribution is -0.139. The molecule has 168 valence electrons. The minimum absolute atomic E-state index is 0.0153. The molecule has 1 aromatic carbocycles. The number of alkyl halides is 3. The number of rotatable bonds is 6. The summed E-state index contributed by atoms with van der Waals surface area (Å²) in [7, 11) is 1.74. The molecule has 3 heterocycles. The van der Waals surface area contributed by atoms with Gasteiger partial charge in [0.15, 0.2) is 0 Å². The van der Waals surface area contributed by atoms with Crippen molar-refractivity contribution in [3.05, 3.63) is 41.9 Å². The Kier molecular flexibility index (Phi) is 6.30. The molecule has 0 radical (unpaired) electrons. The molecule has 2 aromatic heterocycles. The minimum Gasteiger partial charge on any atom is -0.491 e. The number of aromatic nitrogens is 3. The fourth-order valence-electron chi connectivity index (χ4n) is 3.76. The normalized spacial score (nSPS) is 15.1. The molecule has 0 atom stereocenters. The van der Waals surface area contributed by atoms with Crippen LogP contribution >= 0.6 is 0 Å². The Hall–Kier alpha value is -3.16. The molecule has 0 amide bonds. The van der Waals surface area contributed by atoms with Crippen molar-refractivity contribution in [1.29, 1.82) is 5.26 Å². The van der Waals surface area contributed by atoms with Crippen LogP contribution in [0.15, 0.2) is 30.5 Å². The van der Waals surface area contributed by atoms with Crippen LogP contribution in [-0.2, 0) is 18.0 Å². The molecule has 0 unspecified atom stereocenters. The second kappa shape index (κ2) is 9.14. The zero-order valence-electron chi connectivity index (χ0n) is 17.4. The number of nitriles is 1. The Bertz CT molecular complexity index is 1150. The van der Waals surface area contributed by atoms with Gasteiger partial charge in [0.25, 0.3) is 0 Å². The van der Waals surface area contributed by atoms with Crippen LogP contribution in [0.1, 0.15) is 24.2 Å². The predicted molar refractivity (Wildman–Crippen MR) is 111 cm³/mol. The van der Waals surface area contributed by atoms with Crippen LogP contribution in [0.25, 0.3) is 22.3 Å². The Morgan fingerprint density at radius 3 is 2.69 bits per heavy atom. The molecule has 1 saturated heterocycles. The van der Waals surface area contributed by atoms with Gasteiger partial charge in [0, 0.05) is 24.2 Å². The number of hydrogen-bond acceptors (Lipinski definition) is 6. The number of ether oxygens (including phenoxy) is 2. The monoisotopic (exact) mass is 445 g/mol. The second-order valence-corrected chi connectivity index (χ2v) is 7.55. The maximum atomic E-state index is 13.8. The number of halogens is 3. The van der Waals surface area contributed by atoms with Crippen molar-refractivity contribution in [3.8, 4) is 23.1 Å². The summed E-state index contributed by atoms with van der Waals surface area (Å²) in [5.74, 6) is -0.382. The van der Waals surface area contributed by atoms with E-state index in [0.29, 0.717) is 11.0 Å². The summed E-state index contributed by atoms with van der Waals surface area (Å²) < 4.78 is 54.2. The van der Waals surface area contributed by atoms with E-state index in [4.69, 9.17) is 9.47 Å². The zero-order valence-corrected chi connectivity index (χ0v) is 17.4. The van der Waals surface area contributed by atoms with Gasteiger partial charge in [0.05, 0.1) is 24.0 Å². The minimum atomic E-state index is -4.62. The van der Waals surface area contributed by atoms with Gasteiger partial charge in [0.2, 0.25) is 5.82 Å². The highest BCUT2D eigenvalue weighted by Gasteiger charge is 2.35. The molecule has 0 aliphatic carbocycles. The predicted octanol–water partition coefficient (Wildman–Crippen LogP) is 3.67. The first kappa shape index (κ1) is 22.0. The summed E-state index contributed by atoms with van der Waals surface area (Å²) in [4.78, 5) is 8.31. The highest BCUT2D eigenvalue weighted by atomic mass is 19.4. The van der Waals surface area contributed by atoms with Crippen LogP contribution in [0.3, 0.4) is 0 Å². The van der Waals surface area contributed by atoms with Gasteiger partial charge in [-0.15, -0.1) is 0 Å². The van der Waals surface area contributed by atoms with Crippen molar-refractivity contribution < 1.29 is 22.6 Å². The number of nitrogens with zero attached hydrogens (tertiary/aromatic N) is 4. The van der Waals surface area contributed by atoms with Crippen LogP contribution in [0.4, 0.5) is 13.2 Å². The van der Waals surface area contributed by atoms with E-state index >= 15 is 0 Å². The van der Waals surface area contributed by atoms with E-state index in [0.717, 1.165) is 32.0 Å². The van der Waals surface area contributed by atoms with Crippen LogP contribution in [0.2, 0.25) is 0 Å². The van der Waals surface area contributed by atoms with E-state index in [9.17, 15) is 18.4 Å². The van der Waals surface area contributed by atoms with Crippen molar-refractivity contribution in [3.63, 3.8) is 0 Å². The van der Waals surface area contributed by atoms with Crippen molar-refractivity contribution in [2.24, 2.45) is 7.05 Å². The lowest BCUT2D eigenvalue weighted by Gasteiger charge is -2.23. The number of benzene rings is 1. The molecule has 1 aliphatic heterocycles. The van der Waals surface area contributed by atoms with Crippen molar-refractivity contribution in [1.82, 2.24) is 19.9 Å². The number of aryl methyl sites for hydroxylation is 1. The molecule has 3 aromatic rings. The van der Waals surface area contributed by atoms with E-state index in [1.54, 1.807) is 23.9 Å². The third-order valence-electron chi connectivity index (χ3n) is 5.36. The molecule has 4 rings (SSSR count). The second-order valence-electron chi connectivity index (χ2n) is 7.55. The standard InChI is InChI=1S/C22H22F3N5O2/c1-30-9-6-16-20(28-19(13-26)29-21(16)30)14-2-3-18(17(12-14)22(23,24)25)32-11-10-31-15-4-7-27-8-5-15/h2-3,6,9,12,15,27H,4-5,7-8,10-11H2,1H3. The van der Waals surface area contributed by atoms with Gasteiger partial charge in [-0.3, -0.25) is 0 Å². The summed E-state index contributed by atoms with van der Waals surface area (Å²) in [5.41, 5.74) is 0.0535. The molecule has 1 N–H and O–H groups in total. The average Bonchev–Trinajstić information content (AvgIpc) is 3.17. The molecule has 0 bridgehead atoms. The van der Waals surface area contributed by atoms with Gasteiger partial charge in [0.1, 0.15) is 24.1 Å². The maximum absolute atomic E-state index is 13.8. The van der Waals surface area contributed by atoms with E-state index in [1.807, 2.05) is 6.07 Å². The lowest BCUT2D eigenvalue weighted by atomic mass is 10.0. The molecular weight excluding hydrogens is 423 g/mol. The van der Waals surface area contributed by atoms with Crippen LogP contribution < -0.4 is 10.1 Å². The van der Waals surface area contributed by atoms with Gasteiger partial charge in [-0.05, 0) is 50.2 Å². The summed E-state index contributed by atoms with van der Waals surface area (Å²) in [6.07, 6.45) is -1.05. The van der Waals surface area contributed by atoms with E-state index in [2.05, 4.69) is 15.3 Å². The van der Waals surface area contributed by atoms with Gasteiger partial charge in [-0.25, -0.2) is 9.97 Å². The SMILES string of the molecule is Cn1ccc2c(-c3ccc(OCCOC4CCNCC4)c(C(F)(F)F)c3)nc(C#N)nc21. The smallest absolute Gasteiger partial charge is 0.419 e. The first-order chi connectivity index (χ1) is 15.4. The number of fused-ring (bicyclic) bond motifs is 1. The Morgan fingerprint density at radius 2 is 1.97 bits per heavy atom. The first-order valence-corrected chi connectivity index (χ1v) is 10.3. The topological polar surface area (TPSA) is 85.0 Å². The third-order valence-corrected chi connectivity index (χ3v) is 5.36. The quantitative estimate of drug-likeness (QED) is 0.583. The van der Waals surface area contributed by atoms with Crippen molar-refractivity contribution in [2.45, 2.75) is 25.1 Å². The van der Waals surface area contributed by atoms with Crippen LogP contribution in [0, 0.1) is 11.3 Å². The fourth-order valence-corrected chi connectivity index (χ4v) is 3.76. The first-order valence-electron chi connectivity index (χ1n) is 10.3. The Labute approximate surface area is 182 Å². The lowest BCUT2D eigenvalue weighted by Crippen LogP contribution is -2.33. The summed E-state index contributed by atoms with van der Waals surface area (Å²) in [5, 5.41) is 13.0. The van der Waals surface area contributed by atoms with Gasteiger partial charge < -0.3 is 19.4 Å². The Balaban J connectivity index is 1.59. The molecular formula is C22H22F3N5O2. The van der Waals surface area contributed by atoms with Gasteiger partial charge >= 0.3 is 6.18 Å². The molecule has 32 heavy (non-hydrogen) atoms. The van der Waals surface area contributed by atoms with Crippen LogP contribution in [-0.4, -0.2) is 46.9 Å². The Morgan fingerprint density at radius 1 is 1.19 bits per heavy atom. The average molecular weight is 445 g/mol. The number of nitrogens with one attached hydrogen (secondary N) is 1. The molecule has 1 fully saturated rings. The molecule has 7 nitrogen and oxygen atoms in total. The van der Waals surface area contributed by atoms with Gasteiger partial charge in [-0.1, -0.05) is 0 Å². The van der Waals surface area contributed by atoms with E-state index in [1.165, 1.54) is 12.1 Å². The van der Waals surface area contributed by atoms with Crippen LogP contribution in [0.5, 0.6) is 5.75 Å².